The average molecular weight is 334 g/mol. The Morgan fingerprint density at radius 3 is 2.56 bits per heavy atom. The highest BCUT2D eigenvalue weighted by molar-refractivity contribution is 5.84. The highest BCUT2D eigenvalue weighted by Gasteiger charge is 2.19. The molecule has 1 heterocycles. The number of fused-ring (bicyclic) bond motifs is 1. The van der Waals surface area contributed by atoms with Gasteiger partial charge in [-0.2, -0.15) is 0 Å². The smallest absolute Gasteiger partial charge is 0.223 e. The van der Waals surface area contributed by atoms with Crippen molar-refractivity contribution in [2.75, 3.05) is 0 Å². The van der Waals surface area contributed by atoms with Crippen LogP contribution in [0.4, 0.5) is 0 Å². The number of benzene rings is 2. The number of hydrogen-bond acceptors (Lipinski definition) is 1. The van der Waals surface area contributed by atoms with Crippen molar-refractivity contribution in [3.8, 4) is 0 Å². The summed E-state index contributed by atoms with van der Waals surface area (Å²) in [7, 11) is 0. The number of nitrogens with zero attached hydrogens (tertiary/aromatic N) is 1. The van der Waals surface area contributed by atoms with Crippen molar-refractivity contribution in [3.05, 3.63) is 71.9 Å². The van der Waals surface area contributed by atoms with Gasteiger partial charge in [-0.3, -0.25) is 4.79 Å². The van der Waals surface area contributed by atoms with E-state index >= 15 is 0 Å². The summed E-state index contributed by atoms with van der Waals surface area (Å²) in [5.74, 6) is 0.225. The Morgan fingerprint density at radius 2 is 1.80 bits per heavy atom. The Kier molecular flexibility index (Phi) is 5.54. The van der Waals surface area contributed by atoms with Crippen LogP contribution in [0.5, 0.6) is 0 Å². The predicted molar refractivity (Wildman–Crippen MR) is 103 cm³/mol. The van der Waals surface area contributed by atoms with Gasteiger partial charge >= 0.3 is 0 Å². The van der Waals surface area contributed by atoms with Gasteiger partial charge in [0.15, 0.2) is 0 Å². The molecule has 25 heavy (non-hydrogen) atoms. The highest BCUT2D eigenvalue weighted by atomic mass is 16.2. The van der Waals surface area contributed by atoms with Crippen LogP contribution < -0.4 is 0 Å². The summed E-state index contributed by atoms with van der Waals surface area (Å²) < 4.78 is 0. The minimum atomic E-state index is 0.225. The highest BCUT2D eigenvalue weighted by Crippen LogP contribution is 2.20. The lowest BCUT2D eigenvalue weighted by molar-refractivity contribution is -0.133. The van der Waals surface area contributed by atoms with E-state index < -0.39 is 0 Å². The van der Waals surface area contributed by atoms with Crippen molar-refractivity contribution in [2.45, 2.75) is 45.7 Å². The molecular formula is C22H26N2O. The van der Waals surface area contributed by atoms with Crippen molar-refractivity contribution >= 4 is 16.8 Å². The number of carbonyl (C=O) groups excluding carboxylic acids is 1. The van der Waals surface area contributed by atoms with E-state index in [0.717, 1.165) is 18.4 Å². The van der Waals surface area contributed by atoms with Crippen LogP contribution in [-0.4, -0.2) is 21.8 Å². The zero-order chi connectivity index (χ0) is 17.6. The number of amides is 1. The van der Waals surface area contributed by atoms with Gasteiger partial charge < -0.3 is 9.88 Å². The van der Waals surface area contributed by atoms with Gasteiger partial charge in [0.05, 0.1) is 0 Å². The lowest BCUT2D eigenvalue weighted by Crippen LogP contribution is -2.37. The summed E-state index contributed by atoms with van der Waals surface area (Å²) in [5, 5.41) is 1.22. The number of rotatable bonds is 7. The molecule has 2 aromatic carbocycles. The molecule has 3 heteroatoms. The molecule has 3 nitrogen and oxygen atoms in total. The lowest BCUT2D eigenvalue weighted by Gasteiger charge is -2.29. The maximum Gasteiger partial charge on any atom is 0.223 e. The van der Waals surface area contributed by atoms with Crippen LogP contribution >= 0.6 is 0 Å². The van der Waals surface area contributed by atoms with E-state index in [1.54, 1.807) is 0 Å². The molecule has 1 unspecified atom stereocenters. The van der Waals surface area contributed by atoms with E-state index in [-0.39, 0.29) is 11.9 Å². The number of para-hydroxylation sites is 1. The normalized spacial score (nSPS) is 12.2. The molecule has 0 aliphatic heterocycles. The number of hydrogen-bond donors (Lipinski definition) is 1. The summed E-state index contributed by atoms with van der Waals surface area (Å²) in [6.07, 6.45) is 4.30. The monoisotopic (exact) mass is 334 g/mol. The number of aromatic nitrogens is 1. The fraction of sp³-hybridized carbons (Fsp3) is 0.318. The van der Waals surface area contributed by atoms with Gasteiger partial charge in [0.2, 0.25) is 5.91 Å². The number of carbonyl (C=O) groups is 1. The van der Waals surface area contributed by atoms with Gasteiger partial charge in [0.25, 0.3) is 0 Å². The van der Waals surface area contributed by atoms with Crippen molar-refractivity contribution in [1.82, 2.24) is 9.88 Å². The molecule has 0 aliphatic rings. The van der Waals surface area contributed by atoms with Gasteiger partial charge in [0, 0.05) is 36.1 Å². The molecule has 0 bridgehead atoms. The molecule has 0 aliphatic carbocycles. The van der Waals surface area contributed by atoms with E-state index in [0.29, 0.717) is 13.0 Å². The number of nitrogens with one attached hydrogen (secondary N) is 1. The molecule has 0 spiro atoms. The molecule has 130 valence electrons. The number of aromatic amines is 1. The van der Waals surface area contributed by atoms with Crippen LogP contribution in [0.25, 0.3) is 10.9 Å². The minimum absolute atomic E-state index is 0.225. The SMILES string of the molecule is CCC(C)N(Cc1ccccc1)C(=O)CCc1c[nH]c2ccccc12. The molecule has 3 rings (SSSR count). The van der Waals surface area contributed by atoms with Crippen LogP contribution in [0.3, 0.4) is 0 Å². The summed E-state index contributed by atoms with van der Waals surface area (Å²) in [5.41, 5.74) is 3.53. The Labute approximate surface area is 149 Å². The first-order valence-corrected chi connectivity index (χ1v) is 9.07. The maximum absolute atomic E-state index is 12.9. The summed E-state index contributed by atoms with van der Waals surface area (Å²) >= 11 is 0. The van der Waals surface area contributed by atoms with Crippen LogP contribution in [0, 0.1) is 0 Å². The quantitative estimate of drug-likeness (QED) is 0.653. The van der Waals surface area contributed by atoms with Gasteiger partial charge in [-0.1, -0.05) is 55.5 Å². The predicted octanol–water partition coefficient (Wildman–Crippen LogP) is 4.93. The third-order valence-electron chi connectivity index (χ3n) is 4.92. The maximum atomic E-state index is 12.9. The Morgan fingerprint density at radius 1 is 1.08 bits per heavy atom. The van der Waals surface area contributed by atoms with Crippen LogP contribution in [0.1, 0.15) is 37.8 Å². The first-order valence-electron chi connectivity index (χ1n) is 9.07. The molecule has 0 saturated carbocycles. The molecular weight excluding hydrogens is 308 g/mol. The van der Waals surface area contributed by atoms with Crippen LogP contribution in [-0.2, 0) is 17.8 Å². The fourth-order valence-electron chi connectivity index (χ4n) is 3.21. The van der Waals surface area contributed by atoms with Gasteiger partial charge in [-0.25, -0.2) is 0 Å². The number of aryl methyl sites for hydroxylation is 1. The molecule has 0 fully saturated rings. The molecule has 0 radical (unpaired) electrons. The van der Waals surface area contributed by atoms with E-state index in [1.807, 2.05) is 41.4 Å². The van der Waals surface area contributed by atoms with Crippen LogP contribution in [0.2, 0.25) is 0 Å². The molecule has 1 aromatic heterocycles. The largest absolute Gasteiger partial charge is 0.361 e. The average Bonchev–Trinajstić information content (AvgIpc) is 3.07. The van der Waals surface area contributed by atoms with E-state index in [1.165, 1.54) is 16.5 Å². The first kappa shape index (κ1) is 17.3. The third kappa shape index (κ3) is 4.11. The summed E-state index contributed by atoms with van der Waals surface area (Å²) in [4.78, 5) is 18.2. The molecule has 1 amide bonds. The zero-order valence-electron chi connectivity index (χ0n) is 15.0. The second kappa shape index (κ2) is 8.02. The molecule has 0 saturated heterocycles. The van der Waals surface area contributed by atoms with Gasteiger partial charge in [0.1, 0.15) is 0 Å². The van der Waals surface area contributed by atoms with Crippen molar-refractivity contribution in [3.63, 3.8) is 0 Å². The topological polar surface area (TPSA) is 36.1 Å². The molecule has 1 N–H and O–H groups in total. The molecule has 1 atom stereocenters. The third-order valence-corrected chi connectivity index (χ3v) is 4.92. The van der Waals surface area contributed by atoms with Crippen molar-refractivity contribution in [2.24, 2.45) is 0 Å². The summed E-state index contributed by atoms with van der Waals surface area (Å²) in [6.45, 7) is 4.95. The van der Waals surface area contributed by atoms with E-state index in [4.69, 9.17) is 0 Å². The van der Waals surface area contributed by atoms with Gasteiger partial charge in [-0.05, 0) is 37.0 Å². The van der Waals surface area contributed by atoms with E-state index in [2.05, 4.69) is 43.1 Å². The first-order chi connectivity index (χ1) is 12.2. The second-order valence-electron chi connectivity index (χ2n) is 6.62. The standard InChI is InChI=1S/C22H26N2O/c1-3-17(2)24(16-18-9-5-4-6-10-18)22(25)14-13-19-15-23-21-12-8-7-11-20(19)21/h4-12,15,17,23H,3,13-14,16H2,1-2H3. The second-order valence-corrected chi connectivity index (χ2v) is 6.62. The number of H-pyrrole nitrogens is 1. The lowest BCUT2D eigenvalue weighted by atomic mass is 10.1. The van der Waals surface area contributed by atoms with E-state index in [9.17, 15) is 4.79 Å². The summed E-state index contributed by atoms with van der Waals surface area (Å²) in [6, 6.07) is 18.7. The Bertz CT molecular complexity index is 822. The van der Waals surface area contributed by atoms with Crippen molar-refractivity contribution < 1.29 is 4.79 Å². The minimum Gasteiger partial charge on any atom is -0.361 e. The van der Waals surface area contributed by atoms with Gasteiger partial charge in [-0.15, -0.1) is 0 Å². The fourth-order valence-corrected chi connectivity index (χ4v) is 3.21. The Hall–Kier alpha value is -2.55. The Balaban J connectivity index is 1.69. The van der Waals surface area contributed by atoms with Crippen LogP contribution in [0.15, 0.2) is 60.8 Å². The molecule has 3 aromatic rings. The zero-order valence-corrected chi connectivity index (χ0v) is 15.0. The van der Waals surface area contributed by atoms with Crippen molar-refractivity contribution in [1.29, 1.82) is 0 Å².